The van der Waals surface area contributed by atoms with E-state index in [2.05, 4.69) is 20.1 Å². The second-order valence-corrected chi connectivity index (χ2v) is 2.76. The van der Waals surface area contributed by atoms with E-state index in [0.717, 1.165) is 21.3 Å². The molecular formula is C10H12O6. The smallest absolute Gasteiger partial charge is 0.335 e. The van der Waals surface area contributed by atoms with E-state index in [4.69, 9.17) is 6.42 Å². The molecule has 0 rings (SSSR count). The molecule has 0 aliphatic carbocycles. The maximum Gasteiger partial charge on any atom is 0.335 e. The molecule has 0 aliphatic heterocycles. The van der Waals surface area contributed by atoms with Crippen LogP contribution in [0.25, 0.3) is 0 Å². The van der Waals surface area contributed by atoms with Gasteiger partial charge in [0.05, 0.1) is 21.3 Å². The van der Waals surface area contributed by atoms with Gasteiger partial charge in [0.25, 0.3) is 5.41 Å². The van der Waals surface area contributed by atoms with Crippen molar-refractivity contribution >= 4 is 17.9 Å². The monoisotopic (exact) mass is 228 g/mol. The van der Waals surface area contributed by atoms with Crippen molar-refractivity contribution < 1.29 is 28.6 Å². The highest BCUT2D eigenvalue weighted by Crippen LogP contribution is 2.27. The quantitative estimate of drug-likeness (QED) is 0.280. The third-order valence-electron chi connectivity index (χ3n) is 1.97. The molecule has 0 aliphatic rings. The summed E-state index contributed by atoms with van der Waals surface area (Å²) in [5.41, 5.74) is -2.24. The minimum absolute atomic E-state index is 0.487. The van der Waals surface area contributed by atoms with Gasteiger partial charge in [-0.25, -0.2) is 0 Å². The van der Waals surface area contributed by atoms with Crippen molar-refractivity contribution in [2.45, 2.75) is 6.42 Å². The van der Waals surface area contributed by atoms with Crippen molar-refractivity contribution in [1.82, 2.24) is 0 Å². The van der Waals surface area contributed by atoms with E-state index >= 15 is 0 Å². The Kier molecular flexibility index (Phi) is 5.02. The summed E-state index contributed by atoms with van der Waals surface area (Å²) in [5.74, 6) is -1.27. The lowest BCUT2D eigenvalue weighted by Crippen LogP contribution is -2.48. The van der Waals surface area contributed by atoms with E-state index < -0.39 is 29.7 Å². The lowest BCUT2D eigenvalue weighted by Gasteiger charge is -2.22. The highest BCUT2D eigenvalue weighted by atomic mass is 16.6. The van der Waals surface area contributed by atoms with Crippen LogP contribution in [-0.4, -0.2) is 39.2 Å². The average molecular weight is 228 g/mol. The van der Waals surface area contributed by atoms with E-state index in [9.17, 15) is 14.4 Å². The van der Waals surface area contributed by atoms with Crippen molar-refractivity contribution in [2.75, 3.05) is 21.3 Å². The summed E-state index contributed by atoms with van der Waals surface area (Å²) in [4.78, 5) is 34.5. The zero-order valence-corrected chi connectivity index (χ0v) is 9.23. The Morgan fingerprint density at radius 2 is 1.31 bits per heavy atom. The molecule has 0 atom stereocenters. The zero-order valence-electron chi connectivity index (χ0n) is 9.23. The Morgan fingerprint density at radius 1 is 1.00 bits per heavy atom. The molecule has 0 saturated heterocycles. The Balaban J connectivity index is 5.58. The van der Waals surface area contributed by atoms with Gasteiger partial charge in [-0.05, 0) is 0 Å². The first-order valence-corrected chi connectivity index (χ1v) is 4.20. The van der Waals surface area contributed by atoms with Crippen LogP contribution in [-0.2, 0) is 28.6 Å². The molecule has 0 unspecified atom stereocenters. The number of methoxy groups -OCH3 is 3. The van der Waals surface area contributed by atoms with Crippen molar-refractivity contribution in [3.63, 3.8) is 0 Å². The molecule has 6 heteroatoms. The fourth-order valence-corrected chi connectivity index (χ4v) is 1.14. The molecule has 16 heavy (non-hydrogen) atoms. The molecule has 0 aromatic rings. The summed E-state index contributed by atoms with van der Waals surface area (Å²) in [7, 11) is 3.08. The van der Waals surface area contributed by atoms with Gasteiger partial charge in [-0.2, -0.15) is 0 Å². The summed E-state index contributed by atoms with van der Waals surface area (Å²) in [6.45, 7) is 0. The van der Waals surface area contributed by atoms with Gasteiger partial charge in [0.1, 0.15) is 0 Å². The third-order valence-corrected chi connectivity index (χ3v) is 1.97. The van der Waals surface area contributed by atoms with Crippen LogP contribution < -0.4 is 0 Å². The number of esters is 3. The lowest BCUT2D eigenvalue weighted by molar-refractivity contribution is -0.180. The topological polar surface area (TPSA) is 78.9 Å². The zero-order chi connectivity index (χ0) is 12.8. The first kappa shape index (κ1) is 14.0. The molecule has 0 aromatic heterocycles. The number of carbonyl (C=O) groups excluding carboxylic acids is 3. The lowest BCUT2D eigenvalue weighted by atomic mass is 9.84. The average Bonchev–Trinajstić information content (AvgIpc) is 2.32. The van der Waals surface area contributed by atoms with E-state index in [1.165, 1.54) is 0 Å². The fraction of sp³-hybridized carbons (Fsp3) is 0.500. The van der Waals surface area contributed by atoms with Crippen molar-refractivity contribution in [3.8, 4) is 12.3 Å². The summed E-state index contributed by atoms with van der Waals surface area (Å²) in [6, 6.07) is 0. The van der Waals surface area contributed by atoms with Crippen LogP contribution in [0.5, 0.6) is 0 Å². The van der Waals surface area contributed by atoms with Gasteiger partial charge in [0.2, 0.25) is 0 Å². The van der Waals surface area contributed by atoms with E-state index in [0.29, 0.717) is 0 Å². The molecule has 0 fully saturated rings. The van der Waals surface area contributed by atoms with Crippen molar-refractivity contribution in [2.24, 2.45) is 5.41 Å². The number of terminal acetylenes is 1. The molecule has 0 spiro atoms. The first-order chi connectivity index (χ1) is 7.50. The van der Waals surface area contributed by atoms with Gasteiger partial charge in [0, 0.05) is 6.42 Å². The third kappa shape index (κ3) is 2.14. The van der Waals surface area contributed by atoms with Crippen LogP contribution in [0.2, 0.25) is 0 Å². The van der Waals surface area contributed by atoms with E-state index in [-0.39, 0.29) is 0 Å². The van der Waals surface area contributed by atoms with Crippen LogP contribution in [0.15, 0.2) is 0 Å². The molecule has 0 radical (unpaired) electrons. The maximum absolute atomic E-state index is 11.5. The first-order valence-electron chi connectivity index (χ1n) is 4.20. The molecule has 6 nitrogen and oxygen atoms in total. The maximum atomic E-state index is 11.5. The Hall–Kier alpha value is -2.03. The molecule has 0 saturated carbocycles. The van der Waals surface area contributed by atoms with Crippen LogP contribution in [0.3, 0.4) is 0 Å². The number of rotatable bonds is 4. The predicted molar refractivity (Wildman–Crippen MR) is 51.9 cm³/mol. The van der Waals surface area contributed by atoms with E-state index in [1.807, 2.05) is 0 Å². The molecule has 88 valence electrons. The Bertz CT molecular complexity index is 297. The van der Waals surface area contributed by atoms with Gasteiger partial charge in [-0.15, -0.1) is 12.3 Å². The van der Waals surface area contributed by atoms with Gasteiger partial charge >= 0.3 is 17.9 Å². The second kappa shape index (κ2) is 5.75. The molecule has 0 heterocycles. The number of ether oxygens (including phenoxy) is 3. The molecule has 0 bridgehead atoms. The van der Waals surface area contributed by atoms with E-state index in [1.54, 1.807) is 0 Å². The Labute approximate surface area is 92.8 Å². The summed E-state index contributed by atoms with van der Waals surface area (Å²) < 4.78 is 13.1. The van der Waals surface area contributed by atoms with Gasteiger partial charge in [-0.1, -0.05) is 0 Å². The fourth-order valence-electron chi connectivity index (χ4n) is 1.14. The summed E-state index contributed by atoms with van der Waals surface area (Å²) in [6.07, 6.45) is 4.53. The largest absolute Gasteiger partial charge is 0.468 e. The Morgan fingerprint density at radius 3 is 1.50 bits per heavy atom. The van der Waals surface area contributed by atoms with Gasteiger partial charge in [0.15, 0.2) is 0 Å². The molecule has 0 amide bonds. The van der Waals surface area contributed by atoms with Crippen LogP contribution in [0, 0.1) is 17.8 Å². The summed E-state index contributed by atoms with van der Waals surface area (Å²) >= 11 is 0. The normalized spacial score (nSPS) is 9.88. The SMILES string of the molecule is C#CCC(C(=O)OC)(C(=O)OC)C(=O)OC. The minimum Gasteiger partial charge on any atom is -0.468 e. The second-order valence-electron chi connectivity index (χ2n) is 2.76. The van der Waals surface area contributed by atoms with Crippen LogP contribution in [0.1, 0.15) is 6.42 Å². The van der Waals surface area contributed by atoms with Gasteiger partial charge < -0.3 is 14.2 Å². The van der Waals surface area contributed by atoms with Crippen LogP contribution >= 0.6 is 0 Å². The van der Waals surface area contributed by atoms with Crippen molar-refractivity contribution in [3.05, 3.63) is 0 Å². The predicted octanol–water partition coefficient (Wildman–Crippen LogP) is -0.485. The molecule has 0 N–H and O–H groups in total. The van der Waals surface area contributed by atoms with Gasteiger partial charge in [-0.3, -0.25) is 14.4 Å². The minimum atomic E-state index is -2.24. The number of hydrogen-bond donors (Lipinski definition) is 0. The summed E-state index contributed by atoms with van der Waals surface area (Å²) in [5, 5.41) is 0. The number of carbonyl (C=O) groups is 3. The standard InChI is InChI=1S/C10H12O6/c1-5-6-10(7(11)14-2,8(12)15-3)9(13)16-4/h1H,6H2,2-4H3. The highest BCUT2D eigenvalue weighted by molar-refractivity contribution is 6.18. The number of hydrogen-bond acceptors (Lipinski definition) is 6. The van der Waals surface area contributed by atoms with Crippen LogP contribution in [0.4, 0.5) is 0 Å². The van der Waals surface area contributed by atoms with Crippen molar-refractivity contribution in [1.29, 1.82) is 0 Å². The molecular weight excluding hydrogens is 216 g/mol. The molecule has 0 aromatic carbocycles. The highest BCUT2D eigenvalue weighted by Gasteiger charge is 2.56.